The first kappa shape index (κ1) is 49.4. The molecular formula is C45H86O6. The van der Waals surface area contributed by atoms with Gasteiger partial charge in [0.1, 0.15) is 13.2 Å². The van der Waals surface area contributed by atoms with E-state index in [1.54, 1.807) is 0 Å². The maximum absolute atomic E-state index is 12.6. The van der Waals surface area contributed by atoms with Gasteiger partial charge in [0.2, 0.25) is 0 Å². The van der Waals surface area contributed by atoms with Crippen molar-refractivity contribution in [2.24, 2.45) is 0 Å². The Balaban J connectivity index is 4.22. The van der Waals surface area contributed by atoms with Crippen molar-refractivity contribution in [1.29, 1.82) is 0 Å². The number of hydrogen-bond donors (Lipinski definition) is 0. The van der Waals surface area contributed by atoms with E-state index in [9.17, 15) is 14.4 Å². The number of rotatable bonds is 41. The molecule has 0 radical (unpaired) electrons. The lowest BCUT2D eigenvalue weighted by Crippen LogP contribution is -2.30. The lowest BCUT2D eigenvalue weighted by molar-refractivity contribution is -0.167. The van der Waals surface area contributed by atoms with Gasteiger partial charge >= 0.3 is 17.9 Å². The predicted molar refractivity (Wildman–Crippen MR) is 215 cm³/mol. The fourth-order valence-corrected chi connectivity index (χ4v) is 6.68. The van der Waals surface area contributed by atoms with Gasteiger partial charge in [0, 0.05) is 19.3 Å². The van der Waals surface area contributed by atoms with Crippen molar-refractivity contribution in [3.05, 3.63) is 0 Å². The van der Waals surface area contributed by atoms with Gasteiger partial charge in [-0.3, -0.25) is 14.4 Å². The third-order valence-electron chi connectivity index (χ3n) is 10.1. The number of unbranched alkanes of at least 4 members (excludes halogenated alkanes) is 30. The average Bonchev–Trinajstić information content (AvgIpc) is 3.12. The molecule has 0 amide bonds. The molecule has 0 aromatic carbocycles. The third kappa shape index (κ3) is 39.5. The van der Waals surface area contributed by atoms with E-state index >= 15 is 0 Å². The smallest absolute Gasteiger partial charge is 0.306 e. The van der Waals surface area contributed by atoms with E-state index in [0.29, 0.717) is 19.3 Å². The maximum atomic E-state index is 12.6. The standard InChI is InChI=1S/C45H86O6/c1-4-7-10-13-16-19-20-21-22-23-24-25-27-29-32-35-38-44(47)50-41-42(40-49-43(46)37-34-31-28-18-15-12-9-6-3)51-45(48)39-36-33-30-26-17-14-11-8-5-2/h42H,4-41H2,1-3H3. The Labute approximate surface area is 317 Å². The number of carbonyl (C=O) groups is 3. The van der Waals surface area contributed by atoms with Crippen LogP contribution in [0.15, 0.2) is 0 Å². The molecule has 0 aliphatic rings. The first-order valence-corrected chi connectivity index (χ1v) is 22.5. The van der Waals surface area contributed by atoms with Gasteiger partial charge in [-0.2, -0.15) is 0 Å². The highest BCUT2D eigenvalue weighted by Crippen LogP contribution is 2.16. The van der Waals surface area contributed by atoms with Crippen molar-refractivity contribution in [3.63, 3.8) is 0 Å². The molecule has 0 rings (SSSR count). The van der Waals surface area contributed by atoms with Gasteiger partial charge in [-0.15, -0.1) is 0 Å². The summed E-state index contributed by atoms with van der Waals surface area (Å²) in [4.78, 5) is 37.5. The van der Waals surface area contributed by atoms with Gasteiger partial charge in [-0.05, 0) is 19.3 Å². The first-order valence-electron chi connectivity index (χ1n) is 22.5. The van der Waals surface area contributed by atoms with Crippen LogP contribution in [0.2, 0.25) is 0 Å². The molecule has 0 aliphatic heterocycles. The Morgan fingerprint density at radius 1 is 0.314 bits per heavy atom. The summed E-state index contributed by atoms with van der Waals surface area (Å²) in [5.41, 5.74) is 0. The van der Waals surface area contributed by atoms with Gasteiger partial charge in [-0.25, -0.2) is 0 Å². The summed E-state index contributed by atoms with van der Waals surface area (Å²) in [5.74, 6) is -0.859. The largest absolute Gasteiger partial charge is 0.462 e. The summed E-state index contributed by atoms with van der Waals surface area (Å²) in [6.07, 6.45) is 40.9. The molecule has 0 saturated heterocycles. The predicted octanol–water partition coefficient (Wildman–Crippen LogP) is 14.1. The molecule has 0 N–H and O–H groups in total. The summed E-state index contributed by atoms with van der Waals surface area (Å²) in [7, 11) is 0. The van der Waals surface area contributed by atoms with Gasteiger partial charge in [0.05, 0.1) is 0 Å². The molecule has 0 aromatic heterocycles. The molecule has 302 valence electrons. The zero-order valence-electron chi connectivity index (χ0n) is 34.4. The van der Waals surface area contributed by atoms with Crippen LogP contribution < -0.4 is 0 Å². The van der Waals surface area contributed by atoms with Gasteiger partial charge < -0.3 is 14.2 Å². The van der Waals surface area contributed by atoms with Crippen LogP contribution in [0.1, 0.15) is 252 Å². The van der Waals surface area contributed by atoms with Crippen molar-refractivity contribution in [3.8, 4) is 0 Å². The number of esters is 3. The minimum atomic E-state index is -0.756. The van der Waals surface area contributed by atoms with Crippen LogP contribution in [-0.2, 0) is 28.6 Å². The SMILES string of the molecule is CCCCCCCCCCCCCCCCCCC(=O)OCC(COC(=O)CCCCCCCCCC)OC(=O)CCCCCCCCCCC. The highest BCUT2D eigenvalue weighted by molar-refractivity contribution is 5.71. The summed E-state index contributed by atoms with van der Waals surface area (Å²) in [6, 6.07) is 0. The van der Waals surface area contributed by atoms with E-state index in [4.69, 9.17) is 14.2 Å². The molecule has 0 heterocycles. The molecule has 0 spiro atoms. The molecule has 0 aliphatic carbocycles. The second kappa shape index (κ2) is 41.2. The van der Waals surface area contributed by atoms with Crippen molar-refractivity contribution >= 4 is 17.9 Å². The molecule has 6 nitrogen and oxygen atoms in total. The second-order valence-electron chi connectivity index (χ2n) is 15.3. The van der Waals surface area contributed by atoms with Gasteiger partial charge in [0.15, 0.2) is 6.10 Å². The van der Waals surface area contributed by atoms with E-state index < -0.39 is 6.10 Å². The molecule has 51 heavy (non-hydrogen) atoms. The third-order valence-corrected chi connectivity index (χ3v) is 10.1. The van der Waals surface area contributed by atoms with Crippen LogP contribution in [0.3, 0.4) is 0 Å². The zero-order valence-corrected chi connectivity index (χ0v) is 34.4. The zero-order chi connectivity index (χ0) is 37.3. The summed E-state index contributed by atoms with van der Waals surface area (Å²) in [5, 5.41) is 0. The second-order valence-corrected chi connectivity index (χ2v) is 15.3. The molecule has 0 fully saturated rings. The van der Waals surface area contributed by atoms with Crippen LogP contribution in [-0.4, -0.2) is 37.2 Å². The van der Waals surface area contributed by atoms with E-state index in [0.717, 1.165) is 57.8 Å². The van der Waals surface area contributed by atoms with Crippen molar-refractivity contribution in [1.82, 2.24) is 0 Å². The fourth-order valence-electron chi connectivity index (χ4n) is 6.68. The molecule has 1 atom stereocenters. The molecule has 0 saturated carbocycles. The fraction of sp³-hybridized carbons (Fsp3) is 0.933. The summed E-state index contributed by atoms with van der Waals surface area (Å²) < 4.78 is 16.6. The summed E-state index contributed by atoms with van der Waals surface area (Å²) in [6.45, 7) is 6.61. The normalized spacial score (nSPS) is 11.8. The van der Waals surface area contributed by atoms with Gasteiger partial charge in [-0.1, -0.05) is 213 Å². The highest BCUT2D eigenvalue weighted by atomic mass is 16.6. The molecule has 6 heteroatoms. The number of hydrogen-bond acceptors (Lipinski definition) is 6. The van der Waals surface area contributed by atoms with Crippen LogP contribution in [0.25, 0.3) is 0 Å². The maximum Gasteiger partial charge on any atom is 0.306 e. The van der Waals surface area contributed by atoms with Crippen LogP contribution >= 0.6 is 0 Å². The Hall–Kier alpha value is -1.59. The monoisotopic (exact) mass is 723 g/mol. The molecule has 0 bridgehead atoms. The van der Waals surface area contributed by atoms with E-state index in [-0.39, 0.29) is 31.1 Å². The van der Waals surface area contributed by atoms with E-state index in [1.165, 1.54) is 154 Å². The lowest BCUT2D eigenvalue weighted by atomic mass is 10.0. The number of carbonyl (C=O) groups excluding carboxylic acids is 3. The highest BCUT2D eigenvalue weighted by Gasteiger charge is 2.19. The molecule has 0 aromatic rings. The van der Waals surface area contributed by atoms with Gasteiger partial charge in [0.25, 0.3) is 0 Å². The topological polar surface area (TPSA) is 78.9 Å². The first-order chi connectivity index (χ1) is 25.0. The Kier molecular flexibility index (Phi) is 39.9. The Morgan fingerprint density at radius 2 is 0.529 bits per heavy atom. The summed E-state index contributed by atoms with van der Waals surface area (Å²) >= 11 is 0. The Bertz CT molecular complexity index is 753. The molecular weight excluding hydrogens is 636 g/mol. The number of ether oxygens (including phenoxy) is 3. The van der Waals surface area contributed by atoms with Crippen molar-refractivity contribution < 1.29 is 28.6 Å². The van der Waals surface area contributed by atoms with Crippen LogP contribution in [0.5, 0.6) is 0 Å². The van der Waals surface area contributed by atoms with E-state index in [1.807, 2.05) is 0 Å². The van der Waals surface area contributed by atoms with Crippen molar-refractivity contribution in [2.75, 3.05) is 13.2 Å². The van der Waals surface area contributed by atoms with Crippen molar-refractivity contribution in [2.45, 2.75) is 258 Å². The quantitative estimate of drug-likeness (QED) is 0.0355. The minimum absolute atomic E-state index is 0.0633. The Morgan fingerprint density at radius 3 is 0.784 bits per heavy atom. The minimum Gasteiger partial charge on any atom is -0.462 e. The van der Waals surface area contributed by atoms with Crippen LogP contribution in [0.4, 0.5) is 0 Å². The van der Waals surface area contributed by atoms with Crippen LogP contribution in [0, 0.1) is 0 Å². The lowest BCUT2D eigenvalue weighted by Gasteiger charge is -2.18. The molecule has 1 unspecified atom stereocenters. The average molecular weight is 723 g/mol. The van der Waals surface area contributed by atoms with E-state index in [2.05, 4.69) is 20.8 Å².